The van der Waals surface area contributed by atoms with E-state index < -0.39 is 16.7 Å². The molecule has 4 rings (SSSR count). The van der Waals surface area contributed by atoms with E-state index in [1.54, 1.807) is 37.3 Å². The lowest BCUT2D eigenvalue weighted by molar-refractivity contribution is -0.385. The molecule has 37 heavy (non-hydrogen) atoms. The predicted octanol–water partition coefficient (Wildman–Crippen LogP) is 4.19. The van der Waals surface area contributed by atoms with Gasteiger partial charge in [-0.1, -0.05) is 54.6 Å². The SMILES string of the molecule is CC(/C=C(\NC(=O)c1ccccc1)C(=O)N/N=C\c1cc2c(cc1[N+](=O)[O-])OCO2)=C\c1ccccc1. The van der Waals surface area contributed by atoms with Crippen molar-refractivity contribution in [2.24, 2.45) is 5.10 Å². The molecule has 0 bridgehead atoms. The van der Waals surface area contributed by atoms with Crippen molar-refractivity contribution >= 4 is 29.8 Å². The molecule has 0 saturated carbocycles. The van der Waals surface area contributed by atoms with Gasteiger partial charge in [-0.25, -0.2) is 5.43 Å². The minimum atomic E-state index is -0.718. The second-order valence-electron chi connectivity index (χ2n) is 7.90. The van der Waals surface area contributed by atoms with E-state index in [9.17, 15) is 19.7 Å². The number of nitro groups is 1. The highest BCUT2D eigenvalue weighted by atomic mass is 16.7. The highest BCUT2D eigenvalue weighted by Crippen LogP contribution is 2.37. The van der Waals surface area contributed by atoms with Crippen molar-refractivity contribution in [2.45, 2.75) is 6.92 Å². The molecule has 0 radical (unpaired) electrons. The molecule has 0 atom stereocenters. The van der Waals surface area contributed by atoms with Gasteiger partial charge in [0.15, 0.2) is 11.5 Å². The Morgan fingerprint density at radius 2 is 1.65 bits per heavy atom. The molecule has 0 spiro atoms. The lowest BCUT2D eigenvalue weighted by atomic mass is 10.1. The van der Waals surface area contributed by atoms with Crippen LogP contribution in [0.5, 0.6) is 11.5 Å². The van der Waals surface area contributed by atoms with Crippen LogP contribution < -0.4 is 20.2 Å². The Kier molecular flexibility index (Phi) is 7.69. The number of amides is 2. The summed E-state index contributed by atoms with van der Waals surface area (Å²) in [7, 11) is 0. The molecule has 10 nitrogen and oxygen atoms in total. The van der Waals surface area contributed by atoms with Gasteiger partial charge in [-0.3, -0.25) is 19.7 Å². The van der Waals surface area contributed by atoms with Gasteiger partial charge >= 0.3 is 0 Å². The van der Waals surface area contributed by atoms with E-state index in [0.717, 1.165) is 11.8 Å². The summed E-state index contributed by atoms with van der Waals surface area (Å²) in [6, 6.07) is 20.5. The number of hydrogen-bond donors (Lipinski definition) is 2. The number of fused-ring (bicyclic) bond motifs is 1. The van der Waals surface area contributed by atoms with Crippen LogP contribution in [-0.2, 0) is 4.79 Å². The van der Waals surface area contributed by atoms with Gasteiger partial charge in [0.1, 0.15) is 5.70 Å². The molecule has 186 valence electrons. The van der Waals surface area contributed by atoms with Gasteiger partial charge in [0.05, 0.1) is 22.8 Å². The largest absolute Gasteiger partial charge is 0.454 e. The molecule has 1 aliphatic heterocycles. The third-order valence-corrected chi connectivity index (χ3v) is 5.18. The van der Waals surface area contributed by atoms with Crippen LogP contribution in [0.25, 0.3) is 6.08 Å². The number of hydrogen-bond acceptors (Lipinski definition) is 7. The Hall–Kier alpha value is -5.25. The summed E-state index contributed by atoms with van der Waals surface area (Å²) in [6.45, 7) is 1.74. The topological polar surface area (TPSA) is 132 Å². The van der Waals surface area contributed by atoms with Crippen molar-refractivity contribution in [1.82, 2.24) is 10.7 Å². The molecule has 1 heterocycles. The van der Waals surface area contributed by atoms with Crippen molar-refractivity contribution in [1.29, 1.82) is 0 Å². The zero-order chi connectivity index (χ0) is 26.2. The maximum atomic E-state index is 13.0. The predicted molar refractivity (Wildman–Crippen MR) is 137 cm³/mol. The first-order chi connectivity index (χ1) is 17.9. The molecule has 0 fully saturated rings. The van der Waals surface area contributed by atoms with Gasteiger partial charge in [0, 0.05) is 5.56 Å². The summed E-state index contributed by atoms with van der Waals surface area (Å²) in [5.74, 6) is -0.618. The fraction of sp³-hybridized carbons (Fsp3) is 0.0741. The lowest BCUT2D eigenvalue weighted by Crippen LogP contribution is -2.33. The molecule has 0 aromatic heterocycles. The minimum Gasteiger partial charge on any atom is -0.454 e. The highest BCUT2D eigenvalue weighted by Gasteiger charge is 2.22. The van der Waals surface area contributed by atoms with Crippen molar-refractivity contribution in [3.05, 3.63) is 117 Å². The normalized spacial score (nSPS) is 12.9. The van der Waals surface area contributed by atoms with E-state index in [-0.39, 0.29) is 29.5 Å². The number of ether oxygens (including phenoxy) is 2. The zero-order valence-corrected chi connectivity index (χ0v) is 19.7. The zero-order valence-electron chi connectivity index (χ0n) is 19.7. The van der Waals surface area contributed by atoms with Crippen LogP contribution in [0.15, 0.2) is 95.2 Å². The minimum absolute atomic E-state index is 0.0467. The number of nitro benzene ring substituents is 1. The Morgan fingerprint density at radius 1 is 1.00 bits per heavy atom. The molecule has 3 aromatic carbocycles. The lowest BCUT2D eigenvalue weighted by Gasteiger charge is -2.09. The van der Waals surface area contributed by atoms with Crippen LogP contribution in [0.1, 0.15) is 28.4 Å². The fourth-order valence-corrected chi connectivity index (χ4v) is 3.45. The van der Waals surface area contributed by atoms with E-state index >= 15 is 0 Å². The standard InChI is InChI=1S/C27H22N4O6/c1-18(12-19-8-4-2-5-9-19)13-22(29-26(32)20-10-6-3-7-11-20)27(33)30-28-16-21-14-24-25(37-17-36-24)15-23(21)31(34)35/h2-16H,17H2,1H3,(H,29,32)(H,30,33)/b18-12+,22-13-,28-16-. The maximum absolute atomic E-state index is 13.0. The van der Waals surface area contributed by atoms with E-state index in [1.165, 1.54) is 18.2 Å². The third kappa shape index (κ3) is 6.45. The van der Waals surface area contributed by atoms with E-state index in [2.05, 4.69) is 15.8 Å². The molecule has 2 N–H and O–H groups in total. The van der Waals surface area contributed by atoms with Crippen molar-refractivity contribution in [3.8, 4) is 11.5 Å². The number of allylic oxidation sites excluding steroid dienone is 2. The molecule has 10 heteroatoms. The summed E-state index contributed by atoms with van der Waals surface area (Å²) in [5.41, 5.74) is 4.07. The highest BCUT2D eigenvalue weighted by molar-refractivity contribution is 6.03. The van der Waals surface area contributed by atoms with Crippen LogP contribution in [0.4, 0.5) is 5.69 Å². The van der Waals surface area contributed by atoms with Crippen molar-refractivity contribution < 1.29 is 24.0 Å². The quantitative estimate of drug-likeness (QED) is 0.157. The van der Waals surface area contributed by atoms with Gasteiger partial charge in [-0.2, -0.15) is 5.10 Å². The molecular weight excluding hydrogens is 476 g/mol. The van der Waals surface area contributed by atoms with E-state index in [1.807, 2.05) is 36.4 Å². The number of carbonyl (C=O) groups is 2. The summed E-state index contributed by atoms with van der Waals surface area (Å²) in [6.07, 6.45) is 4.49. The Labute approximate surface area is 212 Å². The first-order valence-electron chi connectivity index (χ1n) is 11.1. The van der Waals surface area contributed by atoms with Crippen LogP contribution >= 0.6 is 0 Å². The molecule has 2 amide bonds. The van der Waals surface area contributed by atoms with Crippen LogP contribution in [-0.4, -0.2) is 29.7 Å². The van der Waals surface area contributed by atoms with Crippen molar-refractivity contribution in [3.63, 3.8) is 0 Å². The Bertz CT molecular complexity index is 1420. The average molecular weight is 498 g/mol. The first kappa shape index (κ1) is 24.9. The van der Waals surface area contributed by atoms with Crippen LogP contribution in [0.3, 0.4) is 0 Å². The first-order valence-corrected chi connectivity index (χ1v) is 11.1. The molecule has 1 aliphatic rings. The maximum Gasteiger partial charge on any atom is 0.287 e. The molecule has 0 unspecified atom stereocenters. The van der Waals surface area contributed by atoms with Gasteiger partial charge in [-0.05, 0) is 42.3 Å². The molecule has 0 saturated heterocycles. The third-order valence-electron chi connectivity index (χ3n) is 5.18. The number of benzene rings is 3. The molecule has 0 aliphatic carbocycles. The summed E-state index contributed by atoms with van der Waals surface area (Å²) in [5, 5.41) is 17.9. The summed E-state index contributed by atoms with van der Waals surface area (Å²) < 4.78 is 10.4. The van der Waals surface area contributed by atoms with E-state index in [0.29, 0.717) is 16.9 Å². The second-order valence-corrected chi connectivity index (χ2v) is 7.90. The smallest absolute Gasteiger partial charge is 0.287 e. The number of carbonyl (C=O) groups excluding carboxylic acids is 2. The Morgan fingerprint density at radius 3 is 2.32 bits per heavy atom. The fourth-order valence-electron chi connectivity index (χ4n) is 3.45. The second kappa shape index (κ2) is 11.5. The summed E-state index contributed by atoms with van der Waals surface area (Å²) in [4.78, 5) is 36.6. The van der Waals surface area contributed by atoms with Crippen molar-refractivity contribution in [2.75, 3.05) is 6.79 Å². The van der Waals surface area contributed by atoms with E-state index in [4.69, 9.17) is 9.47 Å². The van der Waals surface area contributed by atoms with Gasteiger partial charge in [0.2, 0.25) is 6.79 Å². The van der Waals surface area contributed by atoms with Gasteiger partial charge in [0.25, 0.3) is 17.5 Å². The summed E-state index contributed by atoms with van der Waals surface area (Å²) >= 11 is 0. The average Bonchev–Trinajstić information content (AvgIpc) is 3.36. The van der Waals surface area contributed by atoms with Crippen LogP contribution in [0, 0.1) is 10.1 Å². The Balaban J connectivity index is 1.57. The number of hydrazone groups is 1. The molecule has 3 aromatic rings. The van der Waals surface area contributed by atoms with Gasteiger partial charge in [-0.15, -0.1) is 0 Å². The number of nitrogens with one attached hydrogen (secondary N) is 2. The monoisotopic (exact) mass is 498 g/mol. The number of nitrogens with zero attached hydrogens (tertiary/aromatic N) is 2. The molecular formula is C27H22N4O6. The van der Waals surface area contributed by atoms with Crippen LogP contribution in [0.2, 0.25) is 0 Å². The van der Waals surface area contributed by atoms with Gasteiger partial charge < -0.3 is 14.8 Å². The number of rotatable bonds is 8.